The second kappa shape index (κ2) is 4.70. The van der Waals surface area contributed by atoms with Gasteiger partial charge in [0.25, 0.3) is 0 Å². The Morgan fingerprint density at radius 3 is 2.76 bits per heavy atom. The number of benzene rings is 1. The van der Waals surface area contributed by atoms with E-state index in [4.69, 9.17) is 16.0 Å². The van der Waals surface area contributed by atoms with Crippen LogP contribution >= 0.6 is 11.6 Å². The molecule has 1 unspecified atom stereocenters. The lowest BCUT2D eigenvalue weighted by Gasteiger charge is -2.09. The summed E-state index contributed by atoms with van der Waals surface area (Å²) in [5.74, 6) is 2.80. The first kappa shape index (κ1) is 12.6. The molecule has 5 nitrogen and oxygen atoms in total. The third-order valence-corrected chi connectivity index (χ3v) is 4.10. The van der Waals surface area contributed by atoms with Crippen LogP contribution in [-0.4, -0.2) is 19.7 Å². The van der Waals surface area contributed by atoms with Crippen LogP contribution in [0.5, 0.6) is 0 Å². The summed E-state index contributed by atoms with van der Waals surface area (Å²) in [6, 6.07) is 8.01. The van der Waals surface area contributed by atoms with Crippen molar-refractivity contribution in [2.45, 2.75) is 25.8 Å². The maximum absolute atomic E-state index is 5.95. The molecule has 1 aromatic carbocycles. The number of halogens is 1. The molecule has 2 aromatic heterocycles. The summed E-state index contributed by atoms with van der Waals surface area (Å²) >= 11 is 5.95. The molecule has 1 aliphatic rings. The van der Waals surface area contributed by atoms with Crippen molar-refractivity contribution in [2.75, 3.05) is 0 Å². The number of aryl methyl sites for hydroxylation is 1. The Morgan fingerprint density at radius 1 is 1.24 bits per heavy atom. The molecule has 4 rings (SSSR count). The van der Waals surface area contributed by atoms with Crippen molar-refractivity contribution in [1.29, 1.82) is 0 Å². The molecule has 106 valence electrons. The van der Waals surface area contributed by atoms with Gasteiger partial charge in [0.2, 0.25) is 0 Å². The van der Waals surface area contributed by atoms with E-state index in [1.54, 1.807) is 6.26 Å². The molecule has 0 aliphatic carbocycles. The van der Waals surface area contributed by atoms with Crippen LogP contribution in [0.1, 0.15) is 23.2 Å². The normalized spacial score (nSPS) is 17.1. The Labute approximate surface area is 126 Å². The highest BCUT2D eigenvalue weighted by atomic mass is 35.5. The number of oxazole rings is 1. The highest BCUT2D eigenvalue weighted by Crippen LogP contribution is 2.32. The van der Waals surface area contributed by atoms with Gasteiger partial charge in [-0.25, -0.2) is 4.98 Å². The molecule has 0 saturated carbocycles. The largest absolute Gasteiger partial charge is 0.449 e. The number of aromatic nitrogens is 4. The second-order valence-electron chi connectivity index (χ2n) is 5.25. The topological polar surface area (TPSA) is 56.7 Å². The predicted molar refractivity (Wildman–Crippen MR) is 78.2 cm³/mol. The van der Waals surface area contributed by atoms with Gasteiger partial charge in [-0.15, -0.1) is 10.2 Å². The first-order valence-corrected chi connectivity index (χ1v) is 7.18. The van der Waals surface area contributed by atoms with Crippen LogP contribution in [0.25, 0.3) is 11.5 Å². The minimum Gasteiger partial charge on any atom is -0.449 e. The van der Waals surface area contributed by atoms with E-state index in [2.05, 4.69) is 31.9 Å². The molecule has 3 heterocycles. The van der Waals surface area contributed by atoms with Crippen LogP contribution in [0.2, 0.25) is 5.02 Å². The summed E-state index contributed by atoms with van der Waals surface area (Å²) in [6.07, 6.45) is 2.51. The monoisotopic (exact) mass is 300 g/mol. The molecule has 0 fully saturated rings. The zero-order valence-electron chi connectivity index (χ0n) is 11.5. The lowest BCUT2D eigenvalue weighted by molar-refractivity contribution is 0.521. The van der Waals surface area contributed by atoms with Gasteiger partial charge in [-0.1, -0.05) is 23.7 Å². The minimum absolute atomic E-state index is 0.402. The smallest absolute Gasteiger partial charge is 0.191 e. The molecule has 21 heavy (non-hydrogen) atoms. The molecular weight excluding hydrogens is 288 g/mol. The molecule has 0 bridgehead atoms. The number of fused-ring (bicyclic) bond motifs is 1. The molecule has 3 aromatic rings. The third-order valence-electron chi connectivity index (χ3n) is 3.85. The van der Waals surface area contributed by atoms with E-state index in [1.807, 2.05) is 19.1 Å². The highest BCUT2D eigenvalue weighted by Gasteiger charge is 2.28. The van der Waals surface area contributed by atoms with Gasteiger partial charge in [-0.05, 0) is 17.7 Å². The SMILES string of the molecule is Cc1nc(-c2nnc3n2CC(c2ccc(Cl)cc2)C3)co1. The van der Waals surface area contributed by atoms with Gasteiger partial charge in [0, 0.05) is 30.8 Å². The first-order chi connectivity index (χ1) is 10.2. The maximum Gasteiger partial charge on any atom is 0.191 e. The quantitative estimate of drug-likeness (QED) is 0.729. The van der Waals surface area contributed by atoms with Gasteiger partial charge in [0.15, 0.2) is 11.7 Å². The Balaban J connectivity index is 1.65. The van der Waals surface area contributed by atoms with Crippen molar-refractivity contribution in [3.63, 3.8) is 0 Å². The molecule has 0 spiro atoms. The van der Waals surface area contributed by atoms with Crippen molar-refractivity contribution in [3.8, 4) is 11.5 Å². The van der Waals surface area contributed by atoms with Gasteiger partial charge < -0.3 is 8.98 Å². The van der Waals surface area contributed by atoms with Crippen LogP contribution in [0.15, 0.2) is 34.9 Å². The Morgan fingerprint density at radius 2 is 2.05 bits per heavy atom. The summed E-state index contributed by atoms with van der Waals surface area (Å²) < 4.78 is 7.39. The molecule has 0 N–H and O–H groups in total. The minimum atomic E-state index is 0.402. The third kappa shape index (κ3) is 2.14. The van der Waals surface area contributed by atoms with E-state index in [1.165, 1.54) is 5.56 Å². The zero-order valence-corrected chi connectivity index (χ0v) is 12.2. The Hall–Kier alpha value is -2.14. The Bertz CT molecular complexity index is 790. The maximum atomic E-state index is 5.95. The van der Waals surface area contributed by atoms with E-state index in [0.717, 1.165) is 35.3 Å². The van der Waals surface area contributed by atoms with E-state index in [-0.39, 0.29) is 0 Å². The fourth-order valence-electron chi connectivity index (χ4n) is 2.80. The van der Waals surface area contributed by atoms with Crippen LogP contribution in [0.3, 0.4) is 0 Å². The van der Waals surface area contributed by atoms with Gasteiger partial charge in [-0.2, -0.15) is 0 Å². The molecular formula is C15H13ClN4O. The molecule has 1 aliphatic heterocycles. The van der Waals surface area contributed by atoms with E-state index < -0.39 is 0 Å². The average molecular weight is 301 g/mol. The number of rotatable bonds is 2. The number of nitrogens with zero attached hydrogens (tertiary/aromatic N) is 4. The number of hydrogen-bond acceptors (Lipinski definition) is 4. The van der Waals surface area contributed by atoms with E-state index in [9.17, 15) is 0 Å². The highest BCUT2D eigenvalue weighted by molar-refractivity contribution is 6.30. The van der Waals surface area contributed by atoms with Gasteiger partial charge in [-0.3, -0.25) is 0 Å². The standard InChI is InChI=1S/C15H13ClN4O/c1-9-17-13(8-21-9)15-19-18-14-6-11(7-20(14)15)10-2-4-12(16)5-3-10/h2-5,8,11H,6-7H2,1H3. The molecule has 1 atom stereocenters. The molecule has 0 amide bonds. The first-order valence-electron chi connectivity index (χ1n) is 6.81. The van der Waals surface area contributed by atoms with Gasteiger partial charge in [0.1, 0.15) is 17.8 Å². The second-order valence-corrected chi connectivity index (χ2v) is 5.69. The summed E-state index contributed by atoms with van der Waals surface area (Å²) in [6.45, 7) is 2.67. The van der Waals surface area contributed by atoms with Crippen LogP contribution in [0, 0.1) is 6.92 Å². The van der Waals surface area contributed by atoms with E-state index >= 15 is 0 Å². The summed E-state index contributed by atoms with van der Waals surface area (Å²) in [7, 11) is 0. The molecule has 6 heteroatoms. The summed E-state index contributed by atoms with van der Waals surface area (Å²) in [5, 5.41) is 9.27. The van der Waals surface area contributed by atoms with Crippen molar-refractivity contribution < 1.29 is 4.42 Å². The van der Waals surface area contributed by atoms with Crippen molar-refractivity contribution in [1.82, 2.24) is 19.7 Å². The van der Waals surface area contributed by atoms with Crippen molar-refractivity contribution in [2.24, 2.45) is 0 Å². The lowest BCUT2D eigenvalue weighted by Crippen LogP contribution is -2.03. The van der Waals surface area contributed by atoms with Gasteiger partial charge >= 0.3 is 0 Å². The molecule has 0 saturated heterocycles. The van der Waals surface area contributed by atoms with Crippen molar-refractivity contribution >= 4 is 11.6 Å². The van der Waals surface area contributed by atoms with Crippen LogP contribution in [-0.2, 0) is 13.0 Å². The number of hydrogen-bond donors (Lipinski definition) is 0. The zero-order chi connectivity index (χ0) is 14.4. The fraction of sp³-hybridized carbons (Fsp3) is 0.267. The average Bonchev–Trinajstić information content (AvgIpc) is 3.14. The lowest BCUT2D eigenvalue weighted by atomic mass is 9.98. The van der Waals surface area contributed by atoms with Gasteiger partial charge in [0.05, 0.1) is 0 Å². The summed E-state index contributed by atoms with van der Waals surface area (Å²) in [4.78, 5) is 4.33. The van der Waals surface area contributed by atoms with Crippen LogP contribution < -0.4 is 0 Å². The fourth-order valence-corrected chi connectivity index (χ4v) is 2.92. The van der Waals surface area contributed by atoms with Crippen molar-refractivity contribution in [3.05, 3.63) is 52.8 Å². The van der Waals surface area contributed by atoms with E-state index in [0.29, 0.717) is 11.8 Å². The predicted octanol–water partition coefficient (Wildman–Crippen LogP) is 3.23. The van der Waals surface area contributed by atoms with Crippen LogP contribution in [0.4, 0.5) is 0 Å². The Kier molecular flexibility index (Phi) is 2.82. The molecule has 0 radical (unpaired) electrons. The summed E-state index contributed by atoms with van der Waals surface area (Å²) in [5.41, 5.74) is 2.01.